The second kappa shape index (κ2) is 5.83. The predicted molar refractivity (Wildman–Crippen MR) is 68.0 cm³/mol. The lowest BCUT2D eigenvalue weighted by molar-refractivity contribution is -0.386. The number of hydrogen-bond acceptors (Lipinski definition) is 5. The largest absolute Gasteiger partial charge is 0.484 e. The van der Waals surface area contributed by atoms with Crippen molar-refractivity contribution in [3.63, 3.8) is 0 Å². The fraction of sp³-hybridized carbons (Fsp3) is 0.417. The van der Waals surface area contributed by atoms with Gasteiger partial charge in [-0.25, -0.2) is 4.39 Å². The molecule has 0 aliphatic carbocycles. The number of nitrogens with two attached hydrogens (primary N) is 1. The molecule has 0 aromatic heterocycles. The maximum Gasteiger partial charge on any atom is 0.323 e. The van der Waals surface area contributed by atoms with Crippen LogP contribution in [0.4, 0.5) is 10.1 Å². The molecule has 7 nitrogen and oxygen atoms in total. The van der Waals surface area contributed by atoms with Gasteiger partial charge in [0.1, 0.15) is 11.4 Å². The van der Waals surface area contributed by atoms with Crippen molar-refractivity contribution in [3.8, 4) is 5.75 Å². The first kappa shape index (κ1) is 15.8. The Labute approximate surface area is 114 Å². The van der Waals surface area contributed by atoms with E-state index in [4.69, 9.17) is 15.6 Å². The van der Waals surface area contributed by atoms with Crippen LogP contribution in [0.25, 0.3) is 0 Å². The van der Waals surface area contributed by atoms with Crippen molar-refractivity contribution in [2.45, 2.75) is 31.9 Å². The Hall–Kier alpha value is -2.22. The number of nitro groups is 1. The molecule has 2 atom stereocenters. The number of hydrogen-bond donors (Lipinski definition) is 2. The summed E-state index contributed by atoms with van der Waals surface area (Å²) >= 11 is 0. The van der Waals surface area contributed by atoms with Crippen LogP contribution in [-0.4, -0.2) is 27.6 Å². The first-order chi connectivity index (χ1) is 9.13. The van der Waals surface area contributed by atoms with E-state index >= 15 is 0 Å². The quantitative estimate of drug-likeness (QED) is 0.607. The van der Waals surface area contributed by atoms with E-state index in [0.29, 0.717) is 0 Å². The van der Waals surface area contributed by atoms with Crippen LogP contribution >= 0.6 is 0 Å². The molecule has 0 spiro atoms. The molecule has 0 aliphatic heterocycles. The van der Waals surface area contributed by atoms with Gasteiger partial charge in [-0.15, -0.1) is 0 Å². The third kappa shape index (κ3) is 3.89. The highest BCUT2D eigenvalue weighted by molar-refractivity contribution is 5.77. The number of aliphatic carboxylic acids is 1. The fourth-order valence-corrected chi connectivity index (χ4v) is 1.68. The molecule has 2 unspecified atom stereocenters. The van der Waals surface area contributed by atoms with Crippen molar-refractivity contribution >= 4 is 11.7 Å². The zero-order chi connectivity index (χ0) is 15.5. The number of nitro benzene ring substituents is 1. The van der Waals surface area contributed by atoms with Crippen LogP contribution in [0, 0.1) is 15.9 Å². The minimum absolute atomic E-state index is 0.0587. The summed E-state index contributed by atoms with van der Waals surface area (Å²) in [6.45, 7) is 2.84. The Kier molecular flexibility index (Phi) is 4.61. The predicted octanol–water partition coefficient (Wildman–Crippen LogP) is 1.69. The molecule has 0 fully saturated rings. The molecule has 0 radical (unpaired) electrons. The van der Waals surface area contributed by atoms with Gasteiger partial charge in [0.25, 0.3) is 0 Å². The summed E-state index contributed by atoms with van der Waals surface area (Å²) in [6.07, 6.45) is -0.748. The van der Waals surface area contributed by atoms with Gasteiger partial charge in [0.15, 0.2) is 5.75 Å². The molecule has 0 aliphatic rings. The van der Waals surface area contributed by atoms with Gasteiger partial charge in [-0.3, -0.25) is 14.9 Å². The minimum atomic E-state index is -1.52. The first-order valence-electron chi connectivity index (χ1n) is 5.76. The Morgan fingerprint density at radius 1 is 1.65 bits per heavy atom. The topological polar surface area (TPSA) is 116 Å². The summed E-state index contributed by atoms with van der Waals surface area (Å²) in [5.74, 6) is -2.10. The van der Waals surface area contributed by atoms with Gasteiger partial charge in [-0.2, -0.15) is 0 Å². The SMILES string of the molecule is CC(CC(C)(N)C(=O)O)Oc1ccc(F)cc1[N+](=O)[O-]. The van der Waals surface area contributed by atoms with E-state index in [9.17, 15) is 19.3 Å². The van der Waals surface area contributed by atoms with Crippen LogP contribution in [-0.2, 0) is 4.79 Å². The Morgan fingerprint density at radius 2 is 2.25 bits per heavy atom. The Bertz CT molecular complexity index is 533. The lowest BCUT2D eigenvalue weighted by atomic mass is 9.96. The van der Waals surface area contributed by atoms with Crippen molar-refractivity contribution in [1.29, 1.82) is 0 Å². The second-order valence-corrected chi connectivity index (χ2v) is 4.72. The molecular weight excluding hydrogens is 271 g/mol. The van der Waals surface area contributed by atoms with Crippen molar-refractivity contribution in [1.82, 2.24) is 0 Å². The van der Waals surface area contributed by atoms with Crippen LogP contribution < -0.4 is 10.5 Å². The number of halogens is 1. The van der Waals surface area contributed by atoms with Crippen molar-refractivity contribution < 1.29 is 24.0 Å². The van der Waals surface area contributed by atoms with Gasteiger partial charge in [-0.05, 0) is 26.0 Å². The second-order valence-electron chi connectivity index (χ2n) is 4.72. The number of nitrogens with zero attached hydrogens (tertiary/aromatic N) is 1. The molecule has 0 bridgehead atoms. The smallest absolute Gasteiger partial charge is 0.323 e. The van der Waals surface area contributed by atoms with E-state index in [1.165, 1.54) is 13.8 Å². The highest BCUT2D eigenvalue weighted by atomic mass is 19.1. The zero-order valence-corrected chi connectivity index (χ0v) is 11.0. The van der Waals surface area contributed by atoms with E-state index in [2.05, 4.69) is 0 Å². The van der Waals surface area contributed by atoms with E-state index in [-0.39, 0.29) is 12.2 Å². The number of carboxylic acid groups (broad SMARTS) is 1. The van der Waals surface area contributed by atoms with E-state index < -0.39 is 34.0 Å². The van der Waals surface area contributed by atoms with E-state index in [0.717, 1.165) is 18.2 Å². The number of ether oxygens (including phenoxy) is 1. The summed E-state index contributed by atoms with van der Waals surface area (Å²) in [4.78, 5) is 20.9. The van der Waals surface area contributed by atoms with Gasteiger partial charge in [0.2, 0.25) is 0 Å². The number of carbonyl (C=O) groups is 1. The van der Waals surface area contributed by atoms with E-state index in [1.807, 2.05) is 0 Å². The van der Waals surface area contributed by atoms with Crippen LogP contribution in [0.15, 0.2) is 18.2 Å². The highest BCUT2D eigenvalue weighted by Crippen LogP contribution is 2.29. The molecule has 0 saturated carbocycles. The third-order valence-corrected chi connectivity index (χ3v) is 2.65. The van der Waals surface area contributed by atoms with Gasteiger partial charge in [-0.1, -0.05) is 0 Å². The molecule has 110 valence electrons. The molecule has 20 heavy (non-hydrogen) atoms. The summed E-state index contributed by atoms with van der Waals surface area (Å²) in [5, 5.41) is 19.7. The lowest BCUT2D eigenvalue weighted by Crippen LogP contribution is -2.47. The fourth-order valence-electron chi connectivity index (χ4n) is 1.68. The molecule has 1 aromatic carbocycles. The normalized spacial score (nSPS) is 15.2. The minimum Gasteiger partial charge on any atom is -0.484 e. The maximum absolute atomic E-state index is 13.0. The average molecular weight is 286 g/mol. The van der Waals surface area contributed by atoms with Crippen molar-refractivity contribution in [2.75, 3.05) is 0 Å². The van der Waals surface area contributed by atoms with Crippen molar-refractivity contribution in [2.24, 2.45) is 5.73 Å². The van der Waals surface area contributed by atoms with Gasteiger partial charge in [0.05, 0.1) is 17.1 Å². The van der Waals surface area contributed by atoms with Crippen LogP contribution in [0.2, 0.25) is 0 Å². The van der Waals surface area contributed by atoms with E-state index in [1.54, 1.807) is 0 Å². The van der Waals surface area contributed by atoms with Crippen LogP contribution in [0.5, 0.6) is 5.75 Å². The summed E-state index contributed by atoms with van der Waals surface area (Å²) in [6, 6.07) is 2.88. The molecule has 0 heterocycles. The molecule has 0 amide bonds. The van der Waals surface area contributed by atoms with Crippen molar-refractivity contribution in [3.05, 3.63) is 34.1 Å². The monoisotopic (exact) mass is 286 g/mol. The third-order valence-electron chi connectivity index (χ3n) is 2.65. The zero-order valence-electron chi connectivity index (χ0n) is 11.0. The van der Waals surface area contributed by atoms with Crippen LogP contribution in [0.3, 0.4) is 0 Å². The molecule has 0 saturated heterocycles. The summed E-state index contributed by atoms with van der Waals surface area (Å²) < 4.78 is 18.3. The first-order valence-corrected chi connectivity index (χ1v) is 5.76. The molecule has 1 rings (SSSR count). The maximum atomic E-state index is 13.0. The van der Waals surface area contributed by atoms with Gasteiger partial charge >= 0.3 is 11.7 Å². The van der Waals surface area contributed by atoms with Gasteiger partial charge in [0, 0.05) is 6.42 Å². The molecular formula is C12H15FN2O5. The molecule has 8 heteroatoms. The van der Waals surface area contributed by atoms with Crippen LogP contribution in [0.1, 0.15) is 20.3 Å². The molecule has 3 N–H and O–H groups in total. The lowest BCUT2D eigenvalue weighted by Gasteiger charge is -2.24. The highest BCUT2D eigenvalue weighted by Gasteiger charge is 2.31. The summed E-state index contributed by atoms with van der Waals surface area (Å²) in [7, 11) is 0. The van der Waals surface area contributed by atoms with Gasteiger partial charge < -0.3 is 15.6 Å². The average Bonchev–Trinajstić information content (AvgIpc) is 2.30. The number of carboxylic acids is 1. The number of rotatable bonds is 6. The summed E-state index contributed by atoms with van der Waals surface area (Å²) in [5.41, 5.74) is 3.52. The molecule has 1 aromatic rings. The standard InChI is InChI=1S/C12H15FN2O5/c1-7(6-12(2,14)11(16)17)20-10-4-3-8(13)5-9(10)15(18)19/h3-5,7H,6,14H2,1-2H3,(H,16,17). The Balaban J connectivity index is 2.88. The number of benzene rings is 1. The Morgan fingerprint density at radius 3 is 2.75 bits per heavy atom.